The second-order valence-electron chi connectivity index (χ2n) is 5.71. The first-order valence-corrected chi connectivity index (χ1v) is 10.1. The van der Waals surface area contributed by atoms with E-state index in [0.29, 0.717) is 8.29 Å². The Balaban J connectivity index is 1.69. The number of thioether (sulfide) groups is 1. The van der Waals surface area contributed by atoms with E-state index in [1.807, 2.05) is 30.3 Å². The topological polar surface area (TPSA) is 46.9 Å². The maximum absolute atomic E-state index is 12.8. The van der Waals surface area contributed by atoms with Crippen molar-refractivity contribution in [3.63, 3.8) is 0 Å². The Hall–Kier alpha value is -2.17. The molecule has 1 atom stereocenters. The average molecular weight is 442 g/mol. The lowest BCUT2D eigenvalue weighted by atomic mass is 10.2. The van der Waals surface area contributed by atoms with E-state index in [0.717, 1.165) is 17.8 Å². The number of carbonyl (C=O) groups is 1. The third kappa shape index (κ3) is 5.00. The molecule has 0 aliphatic carbocycles. The highest BCUT2D eigenvalue weighted by Gasteiger charge is 2.30. The van der Waals surface area contributed by atoms with Crippen molar-refractivity contribution in [2.45, 2.75) is 22.7 Å². The third-order valence-corrected chi connectivity index (χ3v) is 6.05. The monoisotopic (exact) mass is 441 g/mol. The van der Waals surface area contributed by atoms with Crippen LogP contribution in [0.25, 0.3) is 5.69 Å². The highest BCUT2D eigenvalue weighted by Crippen LogP contribution is 2.31. The molecular formula is C18H14F3N3OS3. The smallest absolute Gasteiger partial charge is 0.325 e. The maximum atomic E-state index is 12.8. The molecule has 10 heteroatoms. The summed E-state index contributed by atoms with van der Waals surface area (Å²) in [4.78, 5) is 12.4. The molecule has 1 amide bonds. The number of nitrogens with zero attached hydrogens (tertiary/aromatic N) is 2. The van der Waals surface area contributed by atoms with Crippen molar-refractivity contribution in [1.82, 2.24) is 9.78 Å². The number of hydrogen-bond donors (Lipinski definition) is 1. The van der Waals surface area contributed by atoms with Gasteiger partial charge < -0.3 is 5.32 Å². The summed E-state index contributed by atoms with van der Waals surface area (Å²) in [5.41, 5.74) is 0.0940. The van der Waals surface area contributed by atoms with Crippen molar-refractivity contribution in [3.8, 4) is 5.69 Å². The Labute approximate surface area is 172 Å². The molecule has 0 saturated carbocycles. The minimum absolute atomic E-state index is 0.0923. The normalized spacial score (nSPS) is 12.6. The largest absolute Gasteiger partial charge is 0.416 e. The van der Waals surface area contributed by atoms with Gasteiger partial charge in [-0.05, 0) is 49.5 Å². The first-order chi connectivity index (χ1) is 13.2. The van der Waals surface area contributed by atoms with Gasteiger partial charge >= 0.3 is 6.18 Å². The van der Waals surface area contributed by atoms with Crippen LogP contribution in [0.1, 0.15) is 12.5 Å². The van der Waals surface area contributed by atoms with Crippen LogP contribution >= 0.6 is 35.3 Å². The summed E-state index contributed by atoms with van der Waals surface area (Å²) < 4.78 is 41.1. The fourth-order valence-corrected chi connectivity index (χ4v) is 4.77. The molecule has 0 bridgehead atoms. The molecule has 146 valence electrons. The van der Waals surface area contributed by atoms with Gasteiger partial charge in [0.25, 0.3) is 0 Å². The van der Waals surface area contributed by atoms with E-state index in [1.54, 1.807) is 11.6 Å². The lowest BCUT2D eigenvalue weighted by Gasteiger charge is -2.12. The minimum atomic E-state index is -4.47. The number of halogens is 3. The number of amides is 1. The maximum Gasteiger partial charge on any atom is 0.416 e. The number of alkyl halides is 3. The SMILES string of the molecule is C[C@H](Sc1nn(-c2ccccc2)c(=S)s1)C(=O)Nc1cccc(C(F)(F)F)c1. The fourth-order valence-electron chi connectivity index (χ4n) is 2.26. The Morgan fingerprint density at radius 3 is 2.61 bits per heavy atom. The molecule has 0 aliphatic rings. The van der Waals surface area contributed by atoms with Crippen molar-refractivity contribution < 1.29 is 18.0 Å². The van der Waals surface area contributed by atoms with E-state index in [9.17, 15) is 18.0 Å². The fraction of sp³-hybridized carbons (Fsp3) is 0.167. The number of rotatable bonds is 5. The second-order valence-corrected chi connectivity index (χ2v) is 8.92. The zero-order valence-electron chi connectivity index (χ0n) is 14.4. The van der Waals surface area contributed by atoms with Crippen molar-refractivity contribution in [2.24, 2.45) is 0 Å². The van der Waals surface area contributed by atoms with Gasteiger partial charge in [0.05, 0.1) is 16.5 Å². The van der Waals surface area contributed by atoms with Crippen LogP contribution in [0.5, 0.6) is 0 Å². The van der Waals surface area contributed by atoms with Gasteiger partial charge in [-0.2, -0.15) is 13.2 Å². The first kappa shape index (κ1) is 20.6. The van der Waals surface area contributed by atoms with Gasteiger partial charge in [-0.3, -0.25) is 4.79 Å². The summed E-state index contributed by atoms with van der Waals surface area (Å²) in [6.45, 7) is 1.66. The summed E-state index contributed by atoms with van der Waals surface area (Å²) in [6, 6.07) is 13.9. The predicted molar refractivity (Wildman–Crippen MR) is 108 cm³/mol. The molecule has 1 heterocycles. The van der Waals surface area contributed by atoms with Crippen LogP contribution < -0.4 is 5.32 Å². The number of anilines is 1. The second kappa shape index (κ2) is 8.46. The van der Waals surface area contributed by atoms with Gasteiger partial charge in [0.15, 0.2) is 8.29 Å². The van der Waals surface area contributed by atoms with Gasteiger partial charge in [-0.1, -0.05) is 47.4 Å². The summed E-state index contributed by atoms with van der Waals surface area (Å²) in [7, 11) is 0. The minimum Gasteiger partial charge on any atom is -0.325 e. The lowest BCUT2D eigenvalue weighted by Crippen LogP contribution is -2.22. The van der Waals surface area contributed by atoms with Crippen LogP contribution in [0.3, 0.4) is 0 Å². The predicted octanol–water partition coefficient (Wildman–Crippen LogP) is 5.80. The van der Waals surface area contributed by atoms with Crippen molar-refractivity contribution in [2.75, 3.05) is 5.32 Å². The summed E-state index contributed by atoms with van der Waals surface area (Å²) >= 11 is 7.79. The Bertz CT molecular complexity index is 1030. The van der Waals surface area contributed by atoms with Crippen molar-refractivity contribution >= 4 is 46.9 Å². The number of hydrogen-bond acceptors (Lipinski definition) is 5. The summed E-state index contributed by atoms with van der Waals surface area (Å²) in [5, 5.41) is 6.36. The molecule has 3 rings (SSSR count). The van der Waals surface area contributed by atoms with Crippen LogP contribution in [0.2, 0.25) is 0 Å². The molecule has 1 N–H and O–H groups in total. The molecule has 0 radical (unpaired) electrons. The van der Waals surface area contributed by atoms with Gasteiger partial charge in [-0.25, -0.2) is 4.68 Å². The Morgan fingerprint density at radius 2 is 1.93 bits per heavy atom. The molecule has 0 saturated heterocycles. The van der Waals surface area contributed by atoms with E-state index in [4.69, 9.17) is 12.2 Å². The summed E-state index contributed by atoms with van der Waals surface area (Å²) in [5.74, 6) is -0.420. The van der Waals surface area contributed by atoms with Gasteiger partial charge in [0, 0.05) is 5.69 Å². The highest BCUT2D eigenvalue weighted by atomic mass is 32.2. The number of benzene rings is 2. The molecule has 3 aromatic rings. The van der Waals surface area contributed by atoms with E-state index < -0.39 is 22.9 Å². The van der Waals surface area contributed by atoms with E-state index in [1.165, 1.54) is 35.2 Å². The molecule has 2 aromatic carbocycles. The van der Waals surface area contributed by atoms with Crippen LogP contribution in [-0.4, -0.2) is 20.9 Å². The van der Waals surface area contributed by atoms with Crippen molar-refractivity contribution in [1.29, 1.82) is 0 Å². The van der Waals surface area contributed by atoms with Gasteiger partial charge in [0.2, 0.25) is 5.91 Å². The molecule has 0 spiro atoms. The van der Waals surface area contributed by atoms with E-state index in [-0.39, 0.29) is 5.69 Å². The van der Waals surface area contributed by atoms with Crippen LogP contribution in [0, 0.1) is 3.95 Å². The van der Waals surface area contributed by atoms with Gasteiger partial charge in [-0.15, -0.1) is 5.10 Å². The Kier molecular flexibility index (Phi) is 6.21. The Morgan fingerprint density at radius 1 is 1.21 bits per heavy atom. The molecule has 0 aliphatic heterocycles. The van der Waals surface area contributed by atoms with E-state index >= 15 is 0 Å². The molecule has 0 fully saturated rings. The van der Waals surface area contributed by atoms with E-state index in [2.05, 4.69) is 10.4 Å². The van der Waals surface area contributed by atoms with Gasteiger partial charge in [0.1, 0.15) is 0 Å². The van der Waals surface area contributed by atoms with Crippen LogP contribution in [-0.2, 0) is 11.0 Å². The summed E-state index contributed by atoms with van der Waals surface area (Å²) in [6.07, 6.45) is -4.47. The molecular weight excluding hydrogens is 427 g/mol. The number of para-hydroxylation sites is 1. The number of aromatic nitrogens is 2. The average Bonchev–Trinajstić information content (AvgIpc) is 3.02. The molecule has 0 unspecified atom stereocenters. The highest BCUT2D eigenvalue weighted by molar-refractivity contribution is 8.02. The number of carbonyl (C=O) groups excluding carboxylic acids is 1. The molecule has 28 heavy (non-hydrogen) atoms. The van der Waals surface area contributed by atoms with Crippen LogP contribution in [0.4, 0.5) is 18.9 Å². The lowest BCUT2D eigenvalue weighted by molar-refractivity contribution is -0.137. The standard InChI is InChI=1S/C18H14F3N3OS3/c1-11(15(25)22-13-7-5-6-12(10-13)18(19,20)21)27-16-23-24(17(26)28-16)14-8-3-2-4-9-14/h2-11H,1H3,(H,22,25)/t11-/m0/s1. The number of nitrogens with one attached hydrogen (secondary N) is 1. The quantitative estimate of drug-likeness (QED) is 0.401. The zero-order chi connectivity index (χ0) is 20.3. The third-order valence-electron chi connectivity index (χ3n) is 3.63. The first-order valence-electron chi connectivity index (χ1n) is 8.04. The van der Waals surface area contributed by atoms with Crippen molar-refractivity contribution in [3.05, 3.63) is 64.1 Å². The molecule has 4 nitrogen and oxygen atoms in total. The zero-order valence-corrected chi connectivity index (χ0v) is 16.9. The molecule has 1 aromatic heterocycles. The van der Waals surface area contributed by atoms with Crippen LogP contribution in [0.15, 0.2) is 58.9 Å².